The van der Waals surface area contributed by atoms with Crippen molar-refractivity contribution in [3.8, 4) is 0 Å². The second-order valence-corrected chi connectivity index (χ2v) is 3.58. The van der Waals surface area contributed by atoms with Crippen molar-refractivity contribution in [3.63, 3.8) is 0 Å². The summed E-state index contributed by atoms with van der Waals surface area (Å²) >= 11 is 0. The maximum atomic E-state index is 11.0. The Morgan fingerprint density at radius 1 is 1.38 bits per heavy atom. The molecule has 1 aromatic heterocycles. The number of carbonyl (C=O) groups is 1. The van der Waals surface area contributed by atoms with Crippen LogP contribution in [-0.2, 0) is 10.4 Å². The summed E-state index contributed by atoms with van der Waals surface area (Å²) in [5.74, 6) is 0.244. The number of carbonyl (C=O) groups excluding carboxylic acids is 1. The molecule has 1 fully saturated rings. The summed E-state index contributed by atoms with van der Waals surface area (Å²) in [6.07, 6.45) is 5.08. The molecule has 1 saturated carbocycles. The third kappa shape index (κ3) is 1.52. The molecule has 0 atom stereocenters. The van der Waals surface area contributed by atoms with E-state index in [2.05, 4.69) is 0 Å². The van der Waals surface area contributed by atoms with Crippen LogP contribution in [0.15, 0.2) is 23.0 Å². The lowest BCUT2D eigenvalue weighted by atomic mass is 9.80. The fourth-order valence-corrected chi connectivity index (χ4v) is 1.76. The van der Waals surface area contributed by atoms with Gasteiger partial charge in [-0.05, 0) is 18.9 Å². The zero-order valence-corrected chi connectivity index (χ0v) is 7.32. The lowest BCUT2D eigenvalue weighted by molar-refractivity contribution is -0.125. The van der Waals surface area contributed by atoms with Crippen molar-refractivity contribution >= 4 is 5.78 Å². The SMILES string of the molecule is O=C1CCC(O)(c2ccoc2)CC1. The maximum Gasteiger partial charge on any atom is 0.133 e. The molecule has 2 rings (SSSR count). The molecule has 1 heterocycles. The van der Waals surface area contributed by atoms with Crippen LogP contribution in [0, 0.1) is 0 Å². The second kappa shape index (κ2) is 3.00. The summed E-state index contributed by atoms with van der Waals surface area (Å²) in [5, 5.41) is 10.1. The van der Waals surface area contributed by atoms with Gasteiger partial charge in [-0.3, -0.25) is 4.79 Å². The van der Waals surface area contributed by atoms with Crippen molar-refractivity contribution in [2.24, 2.45) is 0 Å². The first-order valence-electron chi connectivity index (χ1n) is 4.47. The van der Waals surface area contributed by atoms with Crippen LogP contribution in [0.4, 0.5) is 0 Å². The lowest BCUT2D eigenvalue weighted by Crippen LogP contribution is -2.31. The lowest BCUT2D eigenvalue weighted by Gasteiger charge is -2.30. The van der Waals surface area contributed by atoms with Gasteiger partial charge in [0, 0.05) is 18.4 Å². The second-order valence-electron chi connectivity index (χ2n) is 3.58. The summed E-state index contributed by atoms with van der Waals surface area (Å²) < 4.78 is 4.91. The Bertz CT molecular complexity index is 290. The average molecular weight is 180 g/mol. The van der Waals surface area contributed by atoms with Crippen molar-refractivity contribution in [2.75, 3.05) is 0 Å². The minimum Gasteiger partial charge on any atom is -0.472 e. The summed E-state index contributed by atoms with van der Waals surface area (Å²) in [4.78, 5) is 11.0. The van der Waals surface area contributed by atoms with Crippen LogP contribution in [0.1, 0.15) is 31.2 Å². The normalized spacial score (nSPS) is 21.8. The number of ketones is 1. The van der Waals surface area contributed by atoms with E-state index in [1.165, 1.54) is 0 Å². The van der Waals surface area contributed by atoms with Gasteiger partial charge in [-0.15, -0.1) is 0 Å². The molecule has 1 N–H and O–H groups in total. The molecular weight excluding hydrogens is 168 g/mol. The van der Waals surface area contributed by atoms with Crippen molar-refractivity contribution in [3.05, 3.63) is 24.2 Å². The van der Waals surface area contributed by atoms with Crippen LogP contribution in [0.3, 0.4) is 0 Å². The molecule has 1 aliphatic rings. The van der Waals surface area contributed by atoms with Gasteiger partial charge in [-0.2, -0.15) is 0 Å². The molecule has 70 valence electrons. The minimum atomic E-state index is -0.832. The first kappa shape index (κ1) is 8.51. The Hall–Kier alpha value is -1.09. The van der Waals surface area contributed by atoms with Crippen LogP contribution in [0.5, 0.6) is 0 Å². The van der Waals surface area contributed by atoms with Gasteiger partial charge in [-0.25, -0.2) is 0 Å². The number of furan rings is 1. The van der Waals surface area contributed by atoms with Gasteiger partial charge >= 0.3 is 0 Å². The Labute approximate surface area is 76.4 Å². The third-order valence-corrected chi connectivity index (χ3v) is 2.69. The minimum absolute atomic E-state index is 0.244. The highest BCUT2D eigenvalue weighted by atomic mass is 16.3. The number of rotatable bonds is 1. The van der Waals surface area contributed by atoms with Crippen LogP contribution < -0.4 is 0 Å². The van der Waals surface area contributed by atoms with E-state index in [0.717, 1.165) is 5.56 Å². The molecule has 0 unspecified atom stereocenters. The molecule has 3 heteroatoms. The summed E-state index contributed by atoms with van der Waals surface area (Å²) in [6, 6.07) is 1.76. The molecule has 0 amide bonds. The van der Waals surface area contributed by atoms with Crippen molar-refractivity contribution in [1.29, 1.82) is 0 Å². The monoisotopic (exact) mass is 180 g/mol. The van der Waals surface area contributed by atoms with Gasteiger partial charge < -0.3 is 9.52 Å². The Balaban J connectivity index is 2.18. The molecule has 13 heavy (non-hydrogen) atoms. The van der Waals surface area contributed by atoms with Crippen LogP contribution in [-0.4, -0.2) is 10.9 Å². The van der Waals surface area contributed by atoms with E-state index in [1.54, 1.807) is 18.6 Å². The Morgan fingerprint density at radius 2 is 2.08 bits per heavy atom. The number of hydrogen-bond donors (Lipinski definition) is 1. The van der Waals surface area contributed by atoms with Gasteiger partial charge in [0.15, 0.2) is 0 Å². The predicted octanol–water partition coefficient (Wildman–Crippen LogP) is 1.61. The first-order chi connectivity index (χ1) is 6.21. The summed E-state index contributed by atoms with van der Waals surface area (Å²) in [6.45, 7) is 0. The van der Waals surface area contributed by atoms with Crippen molar-refractivity contribution in [2.45, 2.75) is 31.3 Å². The molecule has 0 bridgehead atoms. The molecular formula is C10H12O3. The van der Waals surface area contributed by atoms with Crippen LogP contribution in [0.2, 0.25) is 0 Å². The summed E-state index contributed by atoms with van der Waals surface area (Å²) in [5.41, 5.74) is -0.0408. The zero-order valence-electron chi connectivity index (χ0n) is 7.32. The standard InChI is InChI=1S/C10H12O3/c11-9-1-4-10(12,5-2-9)8-3-6-13-7-8/h3,6-7,12H,1-2,4-5H2. The molecule has 0 aromatic carbocycles. The highest BCUT2D eigenvalue weighted by Crippen LogP contribution is 2.35. The molecule has 0 spiro atoms. The smallest absolute Gasteiger partial charge is 0.133 e. The van der Waals surface area contributed by atoms with Gasteiger partial charge in [0.25, 0.3) is 0 Å². The molecule has 0 radical (unpaired) electrons. The largest absolute Gasteiger partial charge is 0.472 e. The molecule has 3 nitrogen and oxygen atoms in total. The fraction of sp³-hybridized carbons (Fsp3) is 0.500. The molecule has 0 saturated heterocycles. The van der Waals surface area contributed by atoms with E-state index in [9.17, 15) is 9.90 Å². The molecule has 1 aliphatic carbocycles. The van der Waals surface area contributed by atoms with E-state index in [-0.39, 0.29) is 5.78 Å². The van der Waals surface area contributed by atoms with E-state index in [4.69, 9.17) is 4.42 Å². The predicted molar refractivity (Wildman–Crippen MR) is 46.1 cm³/mol. The maximum absolute atomic E-state index is 11.0. The van der Waals surface area contributed by atoms with E-state index >= 15 is 0 Å². The van der Waals surface area contributed by atoms with E-state index in [0.29, 0.717) is 25.7 Å². The van der Waals surface area contributed by atoms with Gasteiger partial charge in [0.1, 0.15) is 5.78 Å². The molecule has 1 aromatic rings. The molecule has 0 aliphatic heterocycles. The van der Waals surface area contributed by atoms with E-state index < -0.39 is 5.60 Å². The van der Waals surface area contributed by atoms with Gasteiger partial charge in [0.05, 0.1) is 18.1 Å². The zero-order chi connectivity index (χ0) is 9.31. The Kier molecular flexibility index (Phi) is 1.96. The first-order valence-corrected chi connectivity index (χ1v) is 4.47. The van der Waals surface area contributed by atoms with Crippen molar-refractivity contribution < 1.29 is 14.3 Å². The third-order valence-electron chi connectivity index (χ3n) is 2.69. The number of aliphatic hydroxyl groups is 1. The number of Topliss-reactive ketones (excluding diaryl/α,β-unsaturated/α-hetero) is 1. The highest BCUT2D eigenvalue weighted by Gasteiger charge is 2.34. The van der Waals surface area contributed by atoms with E-state index in [1.807, 2.05) is 0 Å². The van der Waals surface area contributed by atoms with Crippen LogP contribution in [0.25, 0.3) is 0 Å². The Morgan fingerprint density at radius 3 is 2.62 bits per heavy atom. The number of hydrogen-bond acceptors (Lipinski definition) is 3. The average Bonchev–Trinajstić information content (AvgIpc) is 2.63. The van der Waals surface area contributed by atoms with Crippen molar-refractivity contribution in [1.82, 2.24) is 0 Å². The van der Waals surface area contributed by atoms with Gasteiger partial charge in [0.2, 0.25) is 0 Å². The summed E-state index contributed by atoms with van der Waals surface area (Å²) in [7, 11) is 0. The van der Waals surface area contributed by atoms with Gasteiger partial charge in [-0.1, -0.05) is 0 Å². The highest BCUT2D eigenvalue weighted by molar-refractivity contribution is 5.79. The topological polar surface area (TPSA) is 50.4 Å². The van der Waals surface area contributed by atoms with Crippen LogP contribution >= 0.6 is 0 Å². The fourth-order valence-electron chi connectivity index (χ4n) is 1.76. The quantitative estimate of drug-likeness (QED) is 0.714.